The van der Waals surface area contributed by atoms with Crippen molar-refractivity contribution in [1.29, 1.82) is 0 Å². The predicted molar refractivity (Wildman–Crippen MR) is 54.6 cm³/mol. The van der Waals surface area contributed by atoms with Gasteiger partial charge in [-0.2, -0.15) is 0 Å². The normalized spacial score (nSPS) is 10.2. The number of hydrogen-bond donors (Lipinski definition) is 2. The Morgan fingerprint density at radius 2 is 2.27 bits per heavy atom. The van der Waals surface area contributed by atoms with Crippen LogP contribution >= 0.6 is 0 Å². The zero-order valence-corrected chi connectivity index (χ0v) is 8.10. The Morgan fingerprint density at radius 1 is 1.47 bits per heavy atom. The van der Waals surface area contributed by atoms with Gasteiger partial charge in [0.05, 0.1) is 13.3 Å². The number of oxazole rings is 1. The summed E-state index contributed by atoms with van der Waals surface area (Å²) in [6.07, 6.45) is 2.86. The number of nitrogen functional groups attached to an aromatic ring is 1. The molecule has 0 bridgehead atoms. The number of nitrogens with zero attached hydrogens (tertiary/aromatic N) is 1. The molecule has 78 valence electrons. The van der Waals surface area contributed by atoms with Crippen molar-refractivity contribution in [2.24, 2.45) is 0 Å². The average molecular weight is 206 g/mol. The Kier molecular flexibility index (Phi) is 2.21. The van der Waals surface area contributed by atoms with Crippen LogP contribution in [-0.4, -0.2) is 17.2 Å². The van der Waals surface area contributed by atoms with Crippen LogP contribution in [0.2, 0.25) is 0 Å². The number of methoxy groups -OCH3 is 1. The molecule has 0 radical (unpaired) electrons. The number of anilines is 1. The third-order valence-electron chi connectivity index (χ3n) is 2.05. The molecule has 5 heteroatoms. The highest BCUT2D eigenvalue weighted by atomic mass is 16.5. The van der Waals surface area contributed by atoms with Gasteiger partial charge in [0.15, 0.2) is 23.7 Å². The van der Waals surface area contributed by atoms with E-state index in [1.165, 1.54) is 19.6 Å². The molecule has 0 atom stereocenters. The highest BCUT2D eigenvalue weighted by molar-refractivity contribution is 5.76. The van der Waals surface area contributed by atoms with Crippen molar-refractivity contribution in [1.82, 2.24) is 4.98 Å². The summed E-state index contributed by atoms with van der Waals surface area (Å²) in [5, 5.41) is 9.46. The molecule has 0 saturated heterocycles. The molecule has 0 aliphatic heterocycles. The minimum absolute atomic E-state index is 0.00161. The first-order chi connectivity index (χ1) is 7.22. The number of ether oxygens (including phenoxy) is 1. The lowest BCUT2D eigenvalue weighted by atomic mass is 10.1. The van der Waals surface area contributed by atoms with E-state index in [-0.39, 0.29) is 5.75 Å². The highest BCUT2D eigenvalue weighted by Gasteiger charge is 2.11. The number of nitrogens with two attached hydrogens (primary N) is 1. The molecule has 15 heavy (non-hydrogen) atoms. The van der Waals surface area contributed by atoms with Crippen LogP contribution in [0.5, 0.6) is 11.5 Å². The molecule has 0 saturated carbocycles. The van der Waals surface area contributed by atoms with Gasteiger partial charge in [0.2, 0.25) is 0 Å². The second-order valence-electron chi connectivity index (χ2n) is 2.98. The topological polar surface area (TPSA) is 81.5 Å². The minimum atomic E-state index is -0.00161. The van der Waals surface area contributed by atoms with E-state index in [0.717, 1.165) is 0 Å². The van der Waals surface area contributed by atoms with E-state index in [2.05, 4.69) is 4.98 Å². The van der Waals surface area contributed by atoms with Crippen molar-refractivity contribution < 1.29 is 14.3 Å². The second-order valence-corrected chi connectivity index (χ2v) is 2.98. The van der Waals surface area contributed by atoms with Crippen LogP contribution in [-0.2, 0) is 0 Å². The second kappa shape index (κ2) is 3.53. The van der Waals surface area contributed by atoms with E-state index in [4.69, 9.17) is 14.9 Å². The lowest BCUT2D eigenvalue weighted by Gasteiger charge is -2.07. The quantitative estimate of drug-likeness (QED) is 0.730. The lowest BCUT2D eigenvalue weighted by molar-refractivity contribution is 0.374. The van der Waals surface area contributed by atoms with E-state index >= 15 is 0 Å². The molecule has 0 unspecified atom stereocenters. The number of aromatic nitrogens is 1. The maximum absolute atomic E-state index is 9.46. The standard InChI is InChI=1S/C10H10N2O3/c1-14-9-2-6(7(11)3-8(9)13)10-4-12-5-15-10/h2-5,13H,11H2,1H3. The van der Waals surface area contributed by atoms with Crippen LogP contribution in [0.15, 0.2) is 29.1 Å². The Morgan fingerprint density at radius 3 is 2.87 bits per heavy atom. The van der Waals surface area contributed by atoms with Gasteiger partial charge in [-0.3, -0.25) is 0 Å². The summed E-state index contributed by atoms with van der Waals surface area (Å²) >= 11 is 0. The molecule has 1 heterocycles. The van der Waals surface area contributed by atoms with Crippen LogP contribution in [0, 0.1) is 0 Å². The van der Waals surface area contributed by atoms with Crippen LogP contribution < -0.4 is 10.5 Å². The van der Waals surface area contributed by atoms with Gasteiger partial charge in [-0.1, -0.05) is 0 Å². The molecule has 0 spiro atoms. The first kappa shape index (κ1) is 9.39. The summed E-state index contributed by atoms with van der Waals surface area (Å²) in [5.74, 6) is 0.875. The van der Waals surface area contributed by atoms with E-state index in [1.54, 1.807) is 12.3 Å². The zero-order valence-electron chi connectivity index (χ0n) is 8.10. The monoisotopic (exact) mass is 206 g/mol. The summed E-state index contributed by atoms with van der Waals surface area (Å²) in [5.41, 5.74) is 6.78. The number of benzene rings is 1. The third kappa shape index (κ3) is 1.59. The van der Waals surface area contributed by atoms with E-state index in [0.29, 0.717) is 22.8 Å². The van der Waals surface area contributed by atoms with E-state index in [9.17, 15) is 5.11 Å². The summed E-state index contributed by atoms with van der Waals surface area (Å²) in [7, 11) is 1.47. The number of phenols is 1. The maximum Gasteiger partial charge on any atom is 0.181 e. The van der Waals surface area contributed by atoms with Crippen LogP contribution in [0.3, 0.4) is 0 Å². The van der Waals surface area contributed by atoms with Crippen molar-refractivity contribution in [3.63, 3.8) is 0 Å². The van der Waals surface area contributed by atoms with Crippen molar-refractivity contribution in [3.8, 4) is 22.8 Å². The van der Waals surface area contributed by atoms with Crippen molar-refractivity contribution in [3.05, 3.63) is 24.7 Å². The molecular weight excluding hydrogens is 196 g/mol. The number of aromatic hydroxyl groups is 1. The fraction of sp³-hybridized carbons (Fsp3) is 0.100. The van der Waals surface area contributed by atoms with Crippen molar-refractivity contribution >= 4 is 5.69 Å². The first-order valence-electron chi connectivity index (χ1n) is 4.27. The Hall–Kier alpha value is -2.17. The molecule has 3 N–H and O–H groups in total. The smallest absolute Gasteiger partial charge is 0.181 e. The maximum atomic E-state index is 9.46. The number of hydrogen-bond acceptors (Lipinski definition) is 5. The molecule has 5 nitrogen and oxygen atoms in total. The number of rotatable bonds is 2. The van der Waals surface area contributed by atoms with E-state index < -0.39 is 0 Å². The van der Waals surface area contributed by atoms with Gasteiger partial charge in [0.1, 0.15) is 0 Å². The molecule has 0 aliphatic carbocycles. The largest absolute Gasteiger partial charge is 0.504 e. The van der Waals surface area contributed by atoms with Crippen molar-refractivity contribution in [2.75, 3.05) is 12.8 Å². The fourth-order valence-electron chi connectivity index (χ4n) is 1.31. The van der Waals surface area contributed by atoms with Crippen LogP contribution in [0.25, 0.3) is 11.3 Å². The van der Waals surface area contributed by atoms with Gasteiger partial charge in [-0.25, -0.2) is 4.98 Å². The van der Waals surface area contributed by atoms with Gasteiger partial charge >= 0.3 is 0 Å². The summed E-state index contributed by atoms with van der Waals surface area (Å²) < 4.78 is 10.1. The third-order valence-corrected chi connectivity index (χ3v) is 2.05. The molecule has 2 rings (SSSR count). The Labute approximate surface area is 86.1 Å². The molecule has 0 aliphatic rings. The van der Waals surface area contributed by atoms with Gasteiger partial charge in [-0.05, 0) is 6.07 Å². The molecule has 2 aromatic rings. The number of phenolic OH excluding ortho intramolecular Hbond substituents is 1. The Balaban J connectivity index is 2.57. The molecular formula is C10H10N2O3. The van der Waals surface area contributed by atoms with Crippen molar-refractivity contribution in [2.45, 2.75) is 0 Å². The van der Waals surface area contributed by atoms with Crippen LogP contribution in [0.4, 0.5) is 5.69 Å². The molecule has 0 amide bonds. The SMILES string of the molecule is COc1cc(-c2cnco2)c(N)cc1O. The first-order valence-corrected chi connectivity index (χ1v) is 4.27. The van der Waals surface area contributed by atoms with Gasteiger partial charge in [0.25, 0.3) is 0 Å². The highest BCUT2D eigenvalue weighted by Crippen LogP contribution is 2.36. The fourth-order valence-corrected chi connectivity index (χ4v) is 1.31. The summed E-state index contributed by atoms with van der Waals surface area (Å²) in [4.78, 5) is 3.79. The van der Waals surface area contributed by atoms with Gasteiger partial charge < -0.3 is 20.0 Å². The zero-order chi connectivity index (χ0) is 10.8. The Bertz CT molecular complexity index is 466. The molecule has 1 aromatic heterocycles. The summed E-state index contributed by atoms with van der Waals surface area (Å²) in [6.45, 7) is 0. The van der Waals surface area contributed by atoms with Gasteiger partial charge in [0, 0.05) is 17.3 Å². The van der Waals surface area contributed by atoms with Crippen LogP contribution in [0.1, 0.15) is 0 Å². The molecule has 0 fully saturated rings. The lowest BCUT2D eigenvalue weighted by Crippen LogP contribution is -1.92. The predicted octanol–water partition coefficient (Wildman–Crippen LogP) is 1.64. The summed E-state index contributed by atoms with van der Waals surface area (Å²) in [6, 6.07) is 3.02. The average Bonchev–Trinajstić information content (AvgIpc) is 2.71. The minimum Gasteiger partial charge on any atom is -0.504 e. The molecule has 1 aromatic carbocycles. The van der Waals surface area contributed by atoms with Gasteiger partial charge in [-0.15, -0.1) is 0 Å². The van der Waals surface area contributed by atoms with E-state index in [1.807, 2.05) is 0 Å².